The lowest BCUT2D eigenvalue weighted by Crippen LogP contribution is -2.70. The summed E-state index contributed by atoms with van der Waals surface area (Å²) in [5, 5.41) is 37.1. The summed E-state index contributed by atoms with van der Waals surface area (Å²) in [4.78, 5) is 22.9. The molecule has 1 fully saturated rings. The molecule has 1 aliphatic heterocycles. The first-order valence-electron chi connectivity index (χ1n) is 27.5. The van der Waals surface area contributed by atoms with Crippen molar-refractivity contribution in [3.63, 3.8) is 0 Å². The Kier molecular flexibility index (Phi) is 22.5. The zero-order valence-corrected chi connectivity index (χ0v) is 43.4. The van der Waals surface area contributed by atoms with Gasteiger partial charge in [0.15, 0.2) is 0 Å². The van der Waals surface area contributed by atoms with E-state index in [1.165, 1.54) is 44.9 Å². The van der Waals surface area contributed by atoms with E-state index < -0.39 is 23.8 Å². The molecule has 0 radical (unpaired) electrons. The van der Waals surface area contributed by atoms with Crippen LogP contribution < -0.4 is 9.47 Å². The molecular weight excluding hydrogens is 921 g/mol. The monoisotopic (exact) mass is 1000 g/mol. The molecule has 4 aromatic rings. The fraction of sp³-hybridized carbons (Fsp3) is 0.541. The van der Waals surface area contributed by atoms with Gasteiger partial charge in [0.1, 0.15) is 29.9 Å². The number of carbonyl (C=O) groups is 1. The SMILES string of the molecule is C=CCO[C@@]12Oc3ccc(Oc4ccc5ccccc5c4)cc3[C@H]3[C@H](CCCCO)[C@@H](CCCCO)C=C(C(=NOCc4ccccc4)C[C@@H]1N(CCOCCO)C(=O)OCCCCCCCCCCCC)[C@H]32. The number of rotatable bonds is 33. The van der Waals surface area contributed by atoms with Crippen LogP contribution in [0.1, 0.15) is 133 Å². The molecule has 0 saturated heterocycles. The number of amides is 1. The van der Waals surface area contributed by atoms with Gasteiger partial charge in [-0.3, -0.25) is 4.90 Å². The van der Waals surface area contributed by atoms with Crippen LogP contribution in [0.2, 0.25) is 0 Å². The fourth-order valence-electron chi connectivity index (χ4n) is 11.4. The summed E-state index contributed by atoms with van der Waals surface area (Å²) in [5.41, 5.74) is 3.55. The van der Waals surface area contributed by atoms with E-state index in [0.717, 1.165) is 72.4 Å². The quantitative estimate of drug-likeness (QED) is 0.0239. The molecule has 396 valence electrons. The molecule has 0 aromatic heterocycles. The molecule has 0 unspecified atom stereocenters. The number of benzene rings is 4. The third-order valence-corrected chi connectivity index (χ3v) is 14.9. The lowest BCUT2D eigenvalue weighted by atomic mass is 9.55. The van der Waals surface area contributed by atoms with E-state index in [1.807, 2.05) is 66.7 Å². The van der Waals surface area contributed by atoms with Crippen LogP contribution in [0.25, 0.3) is 10.8 Å². The molecule has 4 aromatic carbocycles. The number of fused-ring (bicyclic) bond motifs is 3. The molecule has 0 spiro atoms. The van der Waals surface area contributed by atoms with Gasteiger partial charge in [0, 0.05) is 37.7 Å². The number of oxime groups is 1. The molecule has 1 heterocycles. The average molecular weight is 1000 g/mol. The average Bonchev–Trinajstić information content (AvgIpc) is 3.41. The second-order valence-electron chi connectivity index (χ2n) is 20.0. The molecule has 6 atom stereocenters. The topological polar surface area (TPSA) is 149 Å². The highest BCUT2D eigenvalue weighted by molar-refractivity contribution is 6.03. The first kappa shape index (κ1) is 55.5. The van der Waals surface area contributed by atoms with Crippen molar-refractivity contribution in [1.29, 1.82) is 0 Å². The van der Waals surface area contributed by atoms with Crippen LogP contribution in [0.3, 0.4) is 0 Å². The zero-order valence-electron chi connectivity index (χ0n) is 43.4. The van der Waals surface area contributed by atoms with Crippen LogP contribution in [0.5, 0.6) is 17.2 Å². The number of ether oxygens (including phenoxy) is 5. The van der Waals surface area contributed by atoms with Gasteiger partial charge in [-0.05, 0) is 96.2 Å². The lowest BCUT2D eigenvalue weighted by Gasteiger charge is -2.59. The summed E-state index contributed by atoms with van der Waals surface area (Å²) in [7, 11) is 0. The van der Waals surface area contributed by atoms with Gasteiger partial charge in [-0.15, -0.1) is 6.58 Å². The molecule has 3 N–H and O–H groups in total. The van der Waals surface area contributed by atoms with Crippen LogP contribution >= 0.6 is 0 Å². The van der Waals surface area contributed by atoms with Crippen molar-refractivity contribution in [3.8, 4) is 17.2 Å². The van der Waals surface area contributed by atoms with Crippen LogP contribution in [-0.4, -0.2) is 96.6 Å². The first-order chi connectivity index (χ1) is 35.9. The maximum Gasteiger partial charge on any atom is 0.410 e. The molecule has 2 aliphatic carbocycles. The third kappa shape index (κ3) is 15.0. The first-order valence-corrected chi connectivity index (χ1v) is 27.5. The van der Waals surface area contributed by atoms with E-state index in [1.54, 1.807) is 11.0 Å². The largest absolute Gasteiger partial charge is 0.459 e. The van der Waals surface area contributed by atoms with Crippen LogP contribution in [0.15, 0.2) is 120 Å². The molecule has 0 bridgehead atoms. The van der Waals surface area contributed by atoms with E-state index >= 15 is 0 Å². The van der Waals surface area contributed by atoms with Crippen molar-refractivity contribution in [3.05, 3.63) is 126 Å². The lowest BCUT2D eigenvalue weighted by molar-refractivity contribution is -0.256. The molecule has 12 nitrogen and oxygen atoms in total. The van der Waals surface area contributed by atoms with E-state index in [2.05, 4.69) is 43.8 Å². The van der Waals surface area contributed by atoms with Gasteiger partial charge in [0.2, 0.25) is 5.79 Å². The highest BCUT2D eigenvalue weighted by Crippen LogP contribution is 2.62. The summed E-state index contributed by atoms with van der Waals surface area (Å²) < 4.78 is 33.5. The number of nitrogens with zero attached hydrogens (tertiary/aromatic N) is 2. The predicted octanol–water partition coefficient (Wildman–Crippen LogP) is 12.8. The van der Waals surface area contributed by atoms with Crippen LogP contribution in [-0.2, 0) is 25.7 Å². The summed E-state index contributed by atoms with van der Waals surface area (Å²) in [6.07, 6.45) is 19.9. The van der Waals surface area contributed by atoms with Crippen molar-refractivity contribution in [2.75, 3.05) is 52.8 Å². The highest BCUT2D eigenvalue weighted by atomic mass is 16.7. The van der Waals surface area contributed by atoms with E-state index in [4.69, 9.17) is 33.7 Å². The second kappa shape index (κ2) is 29.6. The van der Waals surface area contributed by atoms with Crippen molar-refractivity contribution >= 4 is 22.6 Å². The van der Waals surface area contributed by atoms with E-state index in [0.29, 0.717) is 35.8 Å². The Morgan fingerprint density at radius 2 is 1.47 bits per heavy atom. The molecule has 7 rings (SSSR count). The van der Waals surface area contributed by atoms with Crippen LogP contribution in [0.4, 0.5) is 4.79 Å². The van der Waals surface area contributed by atoms with Crippen LogP contribution in [0, 0.1) is 17.8 Å². The molecule has 1 saturated carbocycles. The Morgan fingerprint density at radius 3 is 2.21 bits per heavy atom. The summed E-state index contributed by atoms with van der Waals surface area (Å²) in [5.74, 6) is -0.165. The van der Waals surface area contributed by atoms with Crippen molar-refractivity contribution < 1.29 is 48.6 Å². The van der Waals surface area contributed by atoms with Gasteiger partial charge in [-0.2, -0.15) is 0 Å². The third-order valence-electron chi connectivity index (χ3n) is 14.9. The van der Waals surface area contributed by atoms with Gasteiger partial charge in [0.05, 0.1) is 44.7 Å². The van der Waals surface area contributed by atoms with Gasteiger partial charge < -0.3 is 43.8 Å². The van der Waals surface area contributed by atoms with Crippen molar-refractivity contribution in [2.45, 2.75) is 140 Å². The fourth-order valence-corrected chi connectivity index (χ4v) is 11.4. The Bertz CT molecular complexity index is 2360. The standard InChI is InChI=1S/C61H82N2O10/c1-3-5-6-7-8-9-10-11-12-22-38-69-60(67)63(33-39-68-40-36-66)57-44-55(62-71-45-46-23-14-13-15-24-46)53-42-49(27-18-20-34-64)52(28-19-21-35-65)58-54-43-51(72-50-30-29-47-25-16-17-26-48(47)41-50)31-32-56(54)73-61(57,59(53)58)70-37-4-2/h4,13-17,23-26,29-32,41-43,49,52,57-59,64-66H,2-3,5-12,18-22,27-28,33-40,44-45H2,1H3/t49-,52+,57-,58+,59+,61+/m0/s1. The number of hydrogen-bond acceptors (Lipinski definition) is 11. The highest BCUT2D eigenvalue weighted by Gasteiger charge is 2.65. The van der Waals surface area contributed by atoms with Crippen molar-refractivity contribution in [1.82, 2.24) is 4.90 Å². The minimum atomic E-state index is -1.48. The van der Waals surface area contributed by atoms with Crippen molar-refractivity contribution in [2.24, 2.45) is 22.9 Å². The Balaban J connectivity index is 1.31. The minimum absolute atomic E-state index is 0.0270. The zero-order chi connectivity index (χ0) is 51.1. The number of carbonyl (C=O) groups excluding carboxylic acids is 1. The molecule has 12 heteroatoms. The van der Waals surface area contributed by atoms with Gasteiger partial charge >= 0.3 is 6.09 Å². The normalized spacial score (nSPS) is 21.5. The minimum Gasteiger partial charge on any atom is -0.459 e. The smallest absolute Gasteiger partial charge is 0.410 e. The molecule has 3 aliphatic rings. The number of allylic oxidation sites excluding steroid dienone is 1. The number of aliphatic hydroxyl groups excluding tert-OH is 3. The van der Waals surface area contributed by atoms with Gasteiger partial charge in [-0.1, -0.05) is 156 Å². The Hall–Kier alpha value is -5.24. The number of aliphatic hydroxyl groups is 3. The summed E-state index contributed by atoms with van der Waals surface area (Å²) in [6.45, 7) is 7.38. The maximum atomic E-state index is 14.9. The molecule has 1 amide bonds. The van der Waals surface area contributed by atoms with E-state index in [9.17, 15) is 20.1 Å². The van der Waals surface area contributed by atoms with E-state index in [-0.39, 0.29) is 83.6 Å². The Morgan fingerprint density at radius 1 is 0.767 bits per heavy atom. The Labute approximate surface area is 434 Å². The molecular formula is C61H82N2O10. The molecule has 73 heavy (non-hydrogen) atoms. The summed E-state index contributed by atoms with van der Waals surface area (Å²) in [6, 6.07) is 29.4. The van der Waals surface area contributed by atoms with Gasteiger partial charge in [-0.25, -0.2) is 4.79 Å². The second-order valence-corrected chi connectivity index (χ2v) is 20.0. The number of hydrogen-bond donors (Lipinski definition) is 3. The predicted molar refractivity (Wildman–Crippen MR) is 288 cm³/mol. The maximum absolute atomic E-state index is 14.9. The summed E-state index contributed by atoms with van der Waals surface area (Å²) >= 11 is 0. The number of unbranched alkanes of at least 4 members (excludes halogenated alkanes) is 11. The van der Waals surface area contributed by atoms with Gasteiger partial charge in [0.25, 0.3) is 0 Å².